The Kier molecular flexibility index (Phi) is 4.35. The molecule has 53 valence electrons. The van der Waals surface area contributed by atoms with E-state index in [0.717, 1.165) is 11.0 Å². The maximum atomic E-state index is 4.91. The van der Waals surface area contributed by atoms with Crippen LogP contribution < -0.4 is 0 Å². The van der Waals surface area contributed by atoms with Gasteiger partial charge in [-0.1, -0.05) is 12.6 Å². The van der Waals surface area contributed by atoms with Gasteiger partial charge in [0.2, 0.25) is 0 Å². The lowest BCUT2D eigenvalue weighted by Crippen LogP contribution is -2.13. The average molecular weight is 179 g/mol. The van der Waals surface area contributed by atoms with E-state index in [4.69, 9.17) is 12.6 Å². The first kappa shape index (κ1) is 8.15. The number of hydrogen-bond donors (Lipinski definition) is 0. The van der Waals surface area contributed by atoms with Crippen molar-refractivity contribution in [3.63, 3.8) is 0 Å². The van der Waals surface area contributed by atoms with Gasteiger partial charge in [-0.2, -0.15) is 23.5 Å². The van der Waals surface area contributed by atoms with Crippen molar-refractivity contribution in [1.82, 2.24) is 0 Å². The van der Waals surface area contributed by atoms with E-state index < -0.39 is 0 Å². The molecule has 1 radical (unpaired) electrons. The molecular formula is C6H11S3. The van der Waals surface area contributed by atoms with E-state index in [9.17, 15) is 0 Å². The molecule has 0 amide bonds. The first-order valence-electron chi connectivity index (χ1n) is 3.21. The second kappa shape index (κ2) is 4.80. The van der Waals surface area contributed by atoms with Crippen molar-refractivity contribution in [3.05, 3.63) is 0 Å². The molecule has 0 N–H and O–H groups in total. The van der Waals surface area contributed by atoms with E-state index in [2.05, 4.69) is 23.5 Å². The zero-order valence-electron chi connectivity index (χ0n) is 5.34. The summed E-state index contributed by atoms with van der Waals surface area (Å²) in [7, 11) is 0. The Morgan fingerprint density at radius 1 is 1.44 bits per heavy atom. The van der Waals surface area contributed by atoms with Gasteiger partial charge in [0.15, 0.2) is 0 Å². The highest BCUT2D eigenvalue weighted by Crippen LogP contribution is 2.26. The summed E-state index contributed by atoms with van der Waals surface area (Å²) in [5, 5.41) is 0.876. The molecule has 1 heterocycles. The zero-order chi connectivity index (χ0) is 6.53. The lowest BCUT2D eigenvalue weighted by molar-refractivity contribution is 0.925. The molecule has 1 aliphatic heterocycles. The minimum absolute atomic E-state index is 0.876. The van der Waals surface area contributed by atoms with Crippen molar-refractivity contribution in [1.29, 1.82) is 0 Å². The Hall–Kier alpha value is 1.05. The summed E-state index contributed by atoms with van der Waals surface area (Å²) >= 11 is 9.09. The van der Waals surface area contributed by atoms with Crippen molar-refractivity contribution in [2.45, 2.75) is 11.7 Å². The Bertz CT molecular complexity index is 65.9. The molecule has 0 saturated carbocycles. The third-order valence-electron chi connectivity index (χ3n) is 1.32. The Balaban J connectivity index is 2.08. The summed E-state index contributed by atoms with van der Waals surface area (Å²) in [6.07, 6.45) is 1.24. The van der Waals surface area contributed by atoms with Gasteiger partial charge in [0.05, 0.1) is 0 Å². The minimum Gasteiger partial charge on any atom is -0.160 e. The Labute approximate surface area is 71.0 Å². The molecule has 0 nitrogen and oxygen atoms in total. The van der Waals surface area contributed by atoms with Gasteiger partial charge in [-0.25, -0.2) is 0 Å². The lowest BCUT2D eigenvalue weighted by atomic mass is 10.4. The highest BCUT2D eigenvalue weighted by Gasteiger charge is 2.12. The molecular weight excluding hydrogens is 168 g/mol. The van der Waals surface area contributed by atoms with Crippen LogP contribution in [0, 0.1) is 0 Å². The number of thioether (sulfide) groups is 2. The van der Waals surface area contributed by atoms with Gasteiger partial charge in [0.1, 0.15) is 0 Å². The van der Waals surface area contributed by atoms with Crippen molar-refractivity contribution in [2.24, 2.45) is 0 Å². The molecule has 0 aromatic rings. The van der Waals surface area contributed by atoms with Gasteiger partial charge < -0.3 is 0 Å². The smallest absolute Gasteiger partial charge is 0.0146 e. The van der Waals surface area contributed by atoms with Gasteiger partial charge >= 0.3 is 0 Å². The largest absolute Gasteiger partial charge is 0.160 e. The van der Waals surface area contributed by atoms with Crippen LogP contribution in [0.25, 0.3) is 0 Å². The second-order valence-electron chi connectivity index (χ2n) is 2.06. The number of hydrogen-bond acceptors (Lipinski definition) is 2. The monoisotopic (exact) mass is 179 g/mol. The van der Waals surface area contributed by atoms with Crippen molar-refractivity contribution < 1.29 is 0 Å². The fourth-order valence-corrected chi connectivity index (χ4v) is 4.01. The summed E-state index contributed by atoms with van der Waals surface area (Å²) in [6.45, 7) is 0. The fourth-order valence-electron chi connectivity index (χ4n) is 0.835. The van der Waals surface area contributed by atoms with Crippen LogP contribution in [0.1, 0.15) is 6.42 Å². The van der Waals surface area contributed by atoms with E-state index in [1.54, 1.807) is 0 Å². The number of rotatable bonds is 2. The van der Waals surface area contributed by atoms with Crippen LogP contribution in [0.4, 0.5) is 0 Å². The van der Waals surface area contributed by atoms with Crippen LogP contribution >= 0.6 is 36.2 Å². The van der Waals surface area contributed by atoms with Gasteiger partial charge in [0.25, 0.3) is 0 Å². The predicted molar refractivity (Wildman–Crippen MR) is 50.6 cm³/mol. The molecule has 3 heteroatoms. The molecule has 1 atom stereocenters. The maximum absolute atomic E-state index is 4.91. The van der Waals surface area contributed by atoms with Gasteiger partial charge in [-0.3, -0.25) is 0 Å². The standard InChI is InChI=1S/C6H11S3/c7-2-1-6-5-8-3-4-9-6/h6H,1-5H2. The Morgan fingerprint density at radius 2 is 2.33 bits per heavy atom. The van der Waals surface area contributed by atoms with Crippen LogP contribution in [0.3, 0.4) is 0 Å². The molecule has 1 saturated heterocycles. The summed E-state index contributed by atoms with van der Waals surface area (Å²) < 4.78 is 0. The van der Waals surface area contributed by atoms with Crippen molar-refractivity contribution in [3.8, 4) is 0 Å². The maximum Gasteiger partial charge on any atom is 0.0146 e. The molecule has 1 aliphatic rings. The van der Waals surface area contributed by atoms with Gasteiger partial charge in [-0.05, 0) is 6.42 Å². The van der Waals surface area contributed by atoms with Crippen LogP contribution in [-0.4, -0.2) is 28.3 Å². The summed E-state index contributed by atoms with van der Waals surface area (Å²) in [6, 6.07) is 0. The minimum atomic E-state index is 0.876. The predicted octanol–water partition coefficient (Wildman–Crippen LogP) is 2.42. The van der Waals surface area contributed by atoms with E-state index in [0.29, 0.717) is 0 Å². The normalized spacial score (nSPS) is 28.3. The van der Waals surface area contributed by atoms with E-state index >= 15 is 0 Å². The first-order valence-corrected chi connectivity index (χ1v) is 5.99. The molecule has 9 heavy (non-hydrogen) atoms. The highest BCUT2D eigenvalue weighted by molar-refractivity contribution is 8.06. The molecule has 1 fully saturated rings. The quantitative estimate of drug-likeness (QED) is 0.638. The zero-order valence-corrected chi connectivity index (χ0v) is 7.79. The van der Waals surface area contributed by atoms with Gasteiger partial charge in [-0.15, -0.1) is 0 Å². The molecule has 0 aliphatic carbocycles. The van der Waals surface area contributed by atoms with Crippen molar-refractivity contribution >= 4 is 36.2 Å². The third kappa shape index (κ3) is 3.10. The van der Waals surface area contributed by atoms with Crippen LogP contribution in [0.5, 0.6) is 0 Å². The van der Waals surface area contributed by atoms with Crippen LogP contribution in [0.2, 0.25) is 0 Å². The average Bonchev–Trinajstić information content (AvgIpc) is 1.91. The van der Waals surface area contributed by atoms with E-state index in [-0.39, 0.29) is 0 Å². The molecule has 1 unspecified atom stereocenters. The molecule has 0 aromatic carbocycles. The van der Waals surface area contributed by atoms with Gasteiger partial charge in [0, 0.05) is 28.3 Å². The topological polar surface area (TPSA) is 0 Å². The fraction of sp³-hybridized carbons (Fsp3) is 1.00. The lowest BCUT2D eigenvalue weighted by Gasteiger charge is -2.19. The van der Waals surface area contributed by atoms with E-state index in [1.807, 2.05) is 0 Å². The van der Waals surface area contributed by atoms with Crippen LogP contribution in [-0.2, 0) is 0 Å². The SMILES string of the molecule is [S]CCC1CSCCS1. The summed E-state index contributed by atoms with van der Waals surface area (Å²) in [4.78, 5) is 0. The second-order valence-corrected chi connectivity index (χ2v) is 5.03. The van der Waals surface area contributed by atoms with Crippen molar-refractivity contribution in [2.75, 3.05) is 23.0 Å². The molecule has 0 bridgehead atoms. The molecule has 0 spiro atoms. The molecule has 0 aromatic heterocycles. The Morgan fingerprint density at radius 3 is 2.89 bits per heavy atom. The first-order chi connectivity index (χ1) is 4.43. The summed E-state index contributed by atoms with van der Waals surface area (Å²) in [5.41, 5.74) is 0. The van der Waals surface area contributed by atoms with Crippen LogP contribution in [0.15, 0.2) is 0 Å². The van der Waals surface area contributed by atoms with E-state index in [1.165, 1.54) is 23.7 Å². The third-order valence-corrected chi connectivity index (χ3v) is 4.47. The summed E-state index contributed by atoms with van der Waals surface area (Å²) in [5.74, 6) is 4.96. The highest BCUT2D eigenvalue weighted by atomic mass is 32.2. The molecule has 1 rings (SSSR count).